The van der Waals surface area contributed by atoms with Gasteiger partial charge in [-0.15, -0.1) is 0 Å². The molecular weight excluding hydrogens is 430 g/mol. The van der Waals surface area contributed by atoms with E-state index >= 15 is 0 Å². The smallest absolute Gasteiger partial charge is 0.408 e. The molecule has 0 heterocycles. The summed E-state index contributed by atoms with van der Waals surface area (Å²) in [4.78, 5) is 24.9. The van der Waals surface area contributed by atoms with E-state index in [0.717, 1.165) is 29.8 Å². The maximum atomic E-state index is 12.7. The number of carbonyl (C=O) groups is 2. The van der Waals surface area contributed by atoms with Crippen LogP contribution in [0.3, 0.4) is 0 Å². The van der Waals surface area contributed by atoms with Gasteiger partial charge in [-0.25, -0.2) is 4.79 Å². The van der Waals surface area contributed by atoms with E-state index in [9.17, 15) is 9.59 Å². The lowest BCUT2D eigenvalue weighted by molar-refractivity contribution is -0.123. The summed E-state index contributed by atoms with van der Waals surface area (Å²) in [5.41, 5.74) is 1.86. The van der Waals surface area contributed by atoms with Gasteiger partial charge in [0, 0.05) is 18.8 Å². The fourth-order valence-electron chi connectivity index (χ4n) is 3.98. The van der Waals surface area contributed by atoms with Crippen LogP contribution in [-0.4, -0.2) is 37.2 Å². The zero-order valence-electron chi connectivity index (χ0n) is 20.2. The van der Waals surface area contributed by atoms with E-state index in [2.05, 4.69) is 16.0 Å². The molecule has 1 saturated carbocycles. The second-order valence-electron chi connectivity index (χ2n) is 9.15. The zero-order valence-corrected chi connectivity index (χ0v) is 20.2. The van der Waals surface area contributed by atoms with Crippen LogP contribution in [0.4, 0.5) is 10.5 Å². The van der Waals surface area contributed by atoms with Crippen LogP contribution >= 0.6 is 0 Å². The van der Waals surface area contributed by atoms with Crippen molar-refractivity contribution in [3.8, 4) is 5.75 Å². The van der Waals surface area contributed by atoms with E-state index in [1.807, 2.05) is 68.4 Å². The average Bonchev–Trinajstić information content (AvgIpc) is 3.34. The van der Waals surface area contributed by atoms with Crippen molar-refractivity contribution in [3.63, 3.8) is 0 Å². The minimum absolute atomic E-state index is 0.164. The molecule has 1 fully saturated rings. The highest BCUT2D eigenvalue weighted by atomic mass is 16.5. The highest BCUT2D eigenvalue weighted by Gasteiger charge is 2.22. The first-order chi connectivity index (χ1) is 16.5. The molecule has 34 heavy (non-hydrogen) atoms. The van der Waals surface area contributed by atoms with Crippen molar-refractivity contribution in [3.05, 3.63) is 60.2 Å². The van der Waals surface area contributed by atoms with Gasteiger partial charge in [0.1, 0.15) is 18.4 Å². The quantitative estimate of drug-likeness (QED) is 0.387. The van der Waals surface area contributed by atoms with Gasteiger partial charge in [0.2, 0.25) is 5.91 Å². The van der Waals surface area contributed by atoms with Gasteiger partial charge in [-0.1, -0.05) is 44.2 Å². The van der Waals surface area contributed by atoms with Crippen LogP contribution in [0.1, 0.15) is 51.5 Å². The van der Waals surface area contributed by atoms with Crippen LogP contribution in [0, 0.1) is 5.92 Å². The highest BCUT2D eigenvalue weighted by Crippen LogP contribution is 2.24. The minimum atomic E-state index is -0.643. The Balaban J connectivity index is 1.38. The largest absolute Gasteiger partial charge is 0.490 e. The van der Waals surface area contributed by atoms with Crippen LogP contribution in [0.25, 0.3) is 0 Å². The van der Waals surface area contributed by atoms with E-state index < -0.39 is 12.1 Å². The minimum Gasteiger partial charge on any atom is -0.490 e. The molecule has 1 atom stereocenters. The average molecular weight is 468 g/mol. The normalized spacial score (nSPS) is 14.4. The highest BCUT2D eigenvalue weighted by molar-refractivity contribution is 5.85. The fourth-order valence-corrected chi connectivity index (χ4v) is 3.98. The first kappa shape index (κ1) is 25.4. The molecule has 0 bridgehead atoms. The number of nitrogens with one attached hydrogen (secondary N) is 3. The van der Waals surface area contributed by atoms with Crippen molar-refractivity contribution < 1.29 is 19.1 Å². The molecule has 0 aliphatic heterocycles. The van der Waals surface area contributed by atoms with E-state index in [1.54, 1.807) is 0 Å². The molecule has 3 N–H and O–H groups in total. The van der Waals surface area contributed by atoms with Crippen molar-refractivity contribution >= 4 is 17.7 Å². The first-order valence-electron chi connectivity index (χ1n) is 12.2. The molecule has 2 aromatic rings. The van der Waals surface area contributed by atoms with Gasteiger partial charge >= 0.3 is 6.09 Å². The van der Waals surface area contributed by atoms with Crippen LogP contribution in [0.5, 0.6) is 5.75 Å². The molecule has 0 saturated heterocycles. The number of carbonyl (C=O) groups excluding carboxylic acids is 2. The summed E-state index contributed by atoms with van der Waals surface area (Å²) in [6, 6.07) is 16.7. The van der Waals surface area contributed by atoms with Crippen LogP contribution in [0.2, 0.25) is 0 Å². The van der Waals surface area contributed by atoms with Crippen LogP contribution < -0.4 is 20.7 Å². The van der Waals surface area contributed by atoms with Gasteiger partial charge in [-0.05, 0) is 67.9 Å². The van der Waals surface area contributed by atoms with E-state index in [-0.39, 0.29) is 18.4 Å². The lowest BCUT2D eigenvalue weighted by atomic mass is 10.0. The molecule has 3 rings (SSSR count). The van der Waals surface area contributed by atoms with Crippen LogP contribution in [-0.2, 0) is 16.1 Å². The summed E-state index contributed by atoms with van der Waals surface area (Å²) in [7, 11) is 0. The Morgan fingerprint density at radius 2 is 1.68 bits per heavy atom. The summed E-state index contributed by atoms with van der Waals surface area (Å²) < 4.78 is 11.3. The molecule has 0 unspecified atom stereocenters. The Hall–Kier alpha value is -3.22. The maximum absolute atomic E-state index is 12.7. The third-order valence-corrected chi connectivity index (χ3v) is 5.74. The summed E-state index contributed by atoms with van der Waals surface area (Å²) in [5.74, 6) is 0.924. The van der Waals surface area contributed by atoms with E-state index in [1.165, 1.54) is 12.8 Å². The van der Waals surface area contributed by atoms with Gasteiger partial charge in [-0.2, -0.15) is 0 Å². The van der Waals surface area contributed by atoms with Crippen molar-refractivity contribution in [2.75, 3.05) is 18.4 Å². The molecule has 184 valence electrons. The van der Waals surface area contributed by atoms with Gasteiger partial charge in [0.05, 0.1) is 6.10 Å². The van der Waals surface area contributed by atoms with Gasteiger partial charge in [-0.3, -0.25) is 4.79 Å². The molecule has 0 aromatic heterocycles. The van der Waals surface area contributed by atoms with Crippen molar-refractivity contribution in [1.82, 2.24) is 10.6 Å². The van der Waals surface area contributed by atoms with Gasteiger partial charge in [0.25, 0.3) is 0 Å². The predicted molar refractivity (Wildman–Crippen MR) is 134 cm³/mol. The third kappa shape index (κ3) is 8.96. The lowest BCUT2D eigenvalue weighted by Gasteiger charge is -2.20. The molecule has 7 heteroatoms. The summed E-state index contributed by atoms with van der Waals surface area (Å²) in [6.45, 7) is 5.20. The zero-order chi connectivity index (χ0) is 24.2. The van der Waals surface area contributed by atoms with Crippen molar-refractivity contribution in [1.29, 1.82) is 0 Å². The molecule has 7 nitrogen and oxygen atoms in total. The second kappa shape index (κ2) is 13.5. The number of amides is 2. The Bertz CT molecular complexity index is 881. The maximum Gasteiger partial charge on any atom is 0.408 e. The first-order valence-corrected chi connectivity index (χ1v) is 12.2. The molecule has 1 aliphatic carbocycles. The van der Waals surface area contributed by atoms with Crippen LogP contribution in [0.15, 0.2) is 54.6 Å². The summed E-state index contributed by atoms with van der Waals surface area (Å²) >= 11 is 0. The number of rotatable bonds is 12. The third-order valence-electron chi connectivity index (χ3n) is 5.74. The molecule has 1 aliphatic rings. The Morgan fingerprint density at radius 3 is 2.35 bits per heavy atom. The molecule has 2 aromatic carbocycles. The topological polar surface area (TPSA) is 88.7 Å². The lowest BCUT2D eigenvalue weighted by Crippen LogP contribution is -2.48. The monoisotopic (exact) mass is 467 g/mol. The number of alkyl carbamates (subject to hydrolysis) is 1. The van der Waals surface area contributed by atoms with Gasteiger partial charge < -0.3 is 25.4 Å². The Morgan fingerprint density at radius 1 is 0.971 bits per heavy atom. The van der Waals surface area contributed by atoms with Gasteiger partial charge in [0.15, 0.2) is 0 Å². The van der Waals surface area contributed by atoms with E-state index in [0.29, 0.717) is 25.6 Å². The molecule has 0 spiro atoms. The molecular formula is C27H37N3O4. The number of anilines is 1. The standard InChI is InChI=1S/C27H37N3O4/c1-20(2)18-25(30-27(32)33-19-21-8-4-3-5-9-21)26(31)29-17-16-28-22-12-14-24(15-13-22)34-23-10-6-7-11-23/h3-5,8-9,12-15,20,23,25,28H,6-7,10-11,16-19H2,1-2H3,(H,29,31)(H,30,32)/t25-/m0/s1. The number of hydrogen-bond donors (Lipinski definition) is 3. The summed E-state index contributed by atoms with van der Waals surface area (Å²) in [5, 5.41) is 8.90. The van der Waals surface area contributed by atoms with E-state index in [4.69, 9.17) is 9.47 Å². The Kier molecular flexibility index (Phi) is 10.1. The fraction of sp³-hybridized carbons (Fsp3) is 0.481. The molecule has 0 radical (unpaired) electrons. The molecule has 2 amide bonds. The predicted octanol–water partition coefficient (Wildman–Crippen LogP) is 4.88. The Labute approximate surface area is 202 Å². The SMILES string of the molecule is CC(C)C[C@H](NC(=O)OCc1ccccc1)C(=O)NCCNc1ccc(OC2CCCC2)cc1. The van der Waals surface area contributed by atoms with Crippen molar-refractivity contribution in [2.24, 2.45) is 5.92 Å². The second-order valence-corrected chi connectivity index (χ2v) is 9.15. The number of hydrogen-bond acceptors (Lipinski definition) is 5. The number of ether oxygens (including phenoxy) is 2. The number of benzene rings is 2. The van der Waals surface area contributed by atoms with Crippen molar-refractivity contribution in [2.45, 2.75) is 64.7 Å². The summed E-state index contributed by atoms with van der Waals surface area (Å²) in [6.07, 6.45) is 5.05.